The topological polar surface area (TPSA) is 83.1 Å². The van der Waals surface area contributed by atoms with Crippen molar-refractivity contribution in [2.24, 2.45) is 0 Å². The van der Waals surface area contributed by atoms with Crippen LogP contribution >= 0.6 is 0 Å². The summed E-state index contributed by atoms with van der Waals surface area (Å²) in [7, 11) is 0. The fourth-order valence-electron chi connectivity index (χ4n) is 13.3. The van der Waals surface area contributed by atoms with E-state index in [2.05, 4.69) is 108 Å². The van der Waals surface area contributed by atoms with Gasteiger partial charge < -0.3 is 9.97 Å². The second-order valence-corrected chi connectivity index (χ2v) is 24.3. The summed E-state index contributed by atoms with van der Waals surface area (Å²) in [6.07, 6.45) is 54.2. The van der Waals surface area contributed by atoms with Crippen LogP contribution in [0.15, 0.2) is 85.5 Å². The van der Waals surface area contributed by atoms with Crippen molar-refractivity contribution in [1.82, 2.24) is 29.9 Å². The number of aromatic amines is 2. The Balaban J connectivity index is 1.23. The molecule has 0 atom stereocenters. The Morgan fingerprint density at radius 1 is 0.300 bits per heavy atom. The van der Waals surface area contributed by atoms with E-state index in [0.717, 1.165) is 86.9 Å². The van der Waals surface area contributed by atoms with Crippen LogP contribution in [0.4, 0.5) is 0 Å². The van der Waals surface area contributed by atoms with Crippen molar-refractivity contribution in [2.45, 2.75) is 259 Å². The van der Waals surface area contributed by atoms with Gasteiger partial charge >= 0.3 is 0 Å². The number of nitrogens with zero attached hydrogens (tertiary/aromatic N) is 4. The van der Waals surface area contributed by atoms with Crippen molar-refractivity contribution in [3.8, 4) is 45.0 Å². The predicted molar refractivity (Wildman–Crippen MR) is 346 cm³/mol. The Morgan fingerprint density at radius 3 is 1.12 bits per heavy atom. The summed E-state index contributed by atoms with van der Waals surface area (Å²) in [5, 5.41) is 4.99. The van der Waals surface area contributed by atoms with Crippen molar-refractivity contribution in [3.05, 3.63) is 108 Å². The summed E-state index contributed by atoms with van der Waals surface area (Å²) >= 11 is 0. The summed E-state index contributed by atoms with van der Waals surface area (Å²) in [5.74, 6) is 0. The first-order valence-corrected chi connectivity index (χ1v) is 33.1. The highest BCUT2D eigenvalue weighted by Gasteiger charge is 2.25. The number of nitrogens with one attached hydrogen (secondary N) is 2. The molecule has 6 nitrogen and oxygen atoms in total. The van der Waals surface area contributed by atoms with Crippen molar-refractivity contribution in [3.63, 3.8) is 0 Å². The smallest absolute Gasteiger partial charge is 0.0752 e. The molecule has 0 amide bonds. The van der Waals surface area contributed by atoms with E-state index in [1.165, 1.54) is 255 Å². The van der Waals surface area contributed by atoms with E-state index in [4.69, 9.17) is 9.97 Å². The SMILES string of the molecule is CCCCCCCCCCc1ccc(CCCCCCCCCC)c2c1-c1cc3[nH]c(cc4nc(cc5[nH]c(cc-2n1)c1c(CCCCCCCCCC)ccc(CCCCCCCCCC)c51)-c1ccncc1-4)c1cnccc31. The van der Waals surface area contributed by atoms with Gasteiger partial charge in [0.05, 0.1) is 28.3 Å². The maximum atomic E-state index is 5.91. The number of H-pyrrole nitrogens is 2. The molecule has 0 radical (unpaired) electrons. The molecule has 6 heteroatoms. The minimum absolute atomic E-state index is 0.916. The van der Waals surface area contributed by atoms with E-state index in [9.17, 15) is 0 Å². The molecular weight excluding hydrogens is 973 g/mol. The molecule has 0 unspecified atom stereocenters. The van der Waals surface area contributed by atoms with Crippen LogP contribution in [0.3, 0.4) is 0 Å². The summed E-state index contributed by atoms with van der Waals surface area (Å²) in [6, 6.07) is 23.8. The predicted octanol–water partition coefficient (Wildman–Crippen LogP) is 22.8. The highest BCUT2D eigenvalue weighted by atomic mass is 14.8. The molecule has 2 N–H and O–H groups in total. The molecule has 2 aliphatic heterocycles. The zero-order chi connectivity index (χ0) is 55.1. The van der Waals surface area contributed by atoms with Crippen LogP contribution in [0.5, 0.6) is 0 Å². The quantitative estimate of drug-likeness (QED) is 0.0383. The molecule has 0 fully saturated rings. The van der Waals surface area contributed by atoms with Gasteiger partial charge in [-0.3, -0.25) is 9.97 Å². The largest absolute Gasteiger partial charge is 0.354 e. The minimum Gasteiger partial charge on any atom is -0.354 e. The first-order chi connectivity index (χ1) is 39.6. The molecule has 2 aromatic carbocycles. The highest BCUT2D eigenvalue weighted by Crippen LogP contribution is 2.45. The van der Waals surface area contributed by atoms with Crippen molar-refractivity contribution in [2.75, 3.05) is 0 Å². The molecule has 7 heterocycles. The second kappa shape index (κ2) is 31.6. The van der Waals surface area contributed by atoms with Crippen LogP contribution in [0.2, 0.25) is 0 Å². The summed E-state index contributed by atoms with van der Waals surface area (Å²) in [4.78, 5) is 28.9. The number of fused-ring (bicyclic) bond motifs is 20. The van der Waals surface area contributed by atoms with Crippen LogP contribution < -0.4 is 0 Å². The number of rotatable bonds is 36. The Hall–Kier alpha value is -5.62. The summed E-state index contributed by atoms with van der Waals surface area (Å²) < 4.78 is 0. The normalized spacial score (nSPS) is 12.1. The third kappa shape index (κ3) is 15.5. The van der Waals surface area contributed by atoms with E-state index >= 15 is 0 Å². The Kier molecular flexibility index (Phi) is 23.3. The van der Waals surface area contributed by atoms with Gasteiger partial charge in [-0.1, -0.05) is 232 Å². The fraction of sp³-hybridized carbons (Fsp3) is 0.541. The monoisotopic (exact) mass is 1070 g/mol. The lowest BCUT2D eigenvalue weighted by Gasteiger charge is -2.14. The van der Waals surface area contributed by atoms with Gasteiger partial charge in [0.1, 0.15) is 0 Å². The van der Waals surface area contributed by atoms with Gasteiger partial charge in [-0.25, -0.2) is 9.97 Å². The van der Waals surface area contributed by atoms with Crippen LogP contribution in [-0.2, 0) is 25.7 Å². The van der Waals surface area contributed by atoms with Gasteiger partial charge in [0.15, 0.2) is 0 Å². The number of aromatic nitrogens is 6. The average molecular weight is 1070 g/mol. The van der Waals surface area contributed by atoms with Crippen LogP contribution in [0, 0.1) is 0 Å². The third-order valence-electron chi connectivity index (χ3n) is 17.9. The molecule has 80 heavy (non-hydrogen) atoms. The van der Waals surface area contributed by atoms with Gasteiger partial charge in [0, 0.05) is 85.1 Å². The Labute approximate surface area is 482 Å². The zero-order valence-corrected chi connectivity index (χ0v) is 50.3. The number of pyridine rings is 2. The lowest BCUT2D eigenvalue weighted by Crippen LogP contribution is -1.97. The van der Waals surface area contributed by atoms with Crippen molar-refractivity contribution in [1.29, 1.82) is 0 Å². The molecule has 9 rings (SSSR count). The molecule has 7 aromatic rings. The summed E-state index contributed by atoms with van der Waals surface area (Å²) in [5.41, 5.74) is 19.1. The second-order valence-electron chi connectivity index (χ2n) is 24.3. The van der Waals surface area contributed by atoms with Crippen molar-refractivity contribution >= 4 is 43.6 Å². The number of unbranched alkanes of at least 4 members (excludes halogenated alkanes) is 28. The average Bonchev–Trinajstić information content (AvgIpc) is 4.26. The van der Waals surface area contributed by atoms with Crippen LogP contribution in [-0.4, -0.2) is 29.9 Å². The molecule has 0 saturated heterocycles. The number of hydrogen-bond donors (Lipinski definition) is 2. The van der Waals surface area contributed by atoms with Gasteiger partial charge in [-0.05, 0) is 110 Å². The maximum Gasteiger partial charge on any atom is 0.0752 e. The maximum absolute atomic E-state index is 5.91. The molecule has 0 aliphatic carbocycles. The van der Waals surface area contributed by atoms with Crippen LogP contribution in [0.25, 0.3) is 88.6 Å². The first kappa shape index (κ1) is 59.0. The molecule has 0 saturated carbocycles. The first-order valence-electron chi connectivity index (χ1n) is 33.1. The summed E-state index contributed by atoms with van der Waals surface area (Å²) in [6.45, 7) is 9.27. The van der Waals surface area contributed by atoms with Crippen molar-refractivity contribution < 1.29 is 0 Å². The highest BCUT2D eigenvalue weighted by molar-refractivity contribution is 6.12. The lowest BCUT2D eigenvalue weighted by atomic mass is 9.89. The Morgan fingerprint density at radius 2 is 0.637 bits per heavy atom. The number of benzene rings is 2. The lowest BCUT2D eigenvalue weighted by molar-refractivity contribution is 0.575. The molecular formula is C74H100N6. The van der Waals surface area contributed by atoms with Gasteiger partial charge in [-0.2, -0.15) is 0 Å². The molecule has 0 spiro atoms. The molecule has 2 aliphatic rings. The number of aryl methyl sites for hydroxylation is 4. The number of hydrogen-bond acceptors (Lipinski definition) is 4. The van der Waals surface area contributed by atoms with Gasteiger partial charge in [-0.15, -0.1) is 0 Å². The van der Waals surface area contributed by atoms with Gasteiger partial charge in [0.25, 0.3) is 0 Å². The minimum atomic E-state index is 0.916. The fourth-order valence-corrected chi connectivity index (χ4v) is 13.3. The van der Waals surface area contributed by atoms with E-state index in [1.54, 1.807) is 0 Å². The molecule has 5 aromatic heterocycles. The van der Waals surface area contributed by atoms with E-state index in [0.29, 0.717) is 0 Å². The van der Waals surface area contributed by atoms with E-state index in [-0.39, 0.29) is 0 Å². The molecule has 8 bridgehead atoms. The van der Waals surface area contributed by atoms with Crippen LogP contribution in [0.1, 0.15) is 255 Å². The standard InChI is InChI=1S/C74H100N6/c1-5-9-13-17-21-25-29-33-37-55-41-43-57(39-35-31-27-23-19-15-11-7-3)73-69-52-70-74-58(40-36-32-28-24-20-16-12-8-4)44-42-56(38-34-30-26-22-18-14-10-6-2)72(74)68(80-70)51-64-60-46-48-76-54-62(60)66(78-64)49-65-61-53-75-47-45-59(61)63(77-65)50-67(79-69)71(55)73/h41-54,77,80H,5-40H2,1-4H3. The van der Waals surface area contributed by atoms with Gasteiger partial charge in [0.2, 0.25) is 0 Å². The molecule has 426 valence electrons. The van der Waals surface area contributed by atoms with E-state index < -0.39 is 0 Å². The zero-order valence-electron chi connectivity index (χ0n) is 50.3. The third-order valence-corrected chi connectivity index (χ3v) is 17.9. The van der Waals surface area contributed by atoms with E-state index in [1.807, 2.05) is 24.8 Å². The Bertz CT molecular complexity index is 3210.